The number of aliphatic imine (C=N–C) groups is 2. The Morgan fingerprint density at radius 1 is 1.05 bits per heavy atom. The molecule has 198 valence electrons. The van der Waals surface area contributed by atoms with Gasteiger partial charge in [-0.2, -0.15) is 0 Å². The topological polar surface area (TPSA) is 89.2 Å². The summed E-state index contributed by atoms with van der Waals surface area (Å²) in [7, 11) is 4.62. The van der Waals surface area contributed by atoms with Gasteiger partial charge in [0.05, 0.1) is 28.2 Å². The van der Waals surface area contributed by atoms with Crippen LogP contribution >= 0.6 is 0 Å². The fraction of sp³-hybridized carbons (Fsp3) is 0.346. The van der Waals surface area contributed by atoms with E-state index in [1.165, 1.54) is 14.2 Å². The number of fused-ring (bicyclic) bond motifs is 2. The predicted molar refractivity (Wildman–Crippen MR) is 131 cm³/mol. The number of aromatic nitrogens is 2. The highest BCUT2D eigenvalue weighted by molar-refractivity contribution is 6.22. The van der Waals surface area contributed by atoms with E-state index in [0.717, 1.165) is 4.90 Å². The normalized spacial score (nSPS) is 21.2. The lowest BCUT2D eigenvalue weighted by atomic mass is 9.94. The second kappa shape index (κ2) is 9.43. The molecule has 0 aliphatic carbocycles. The number of carbonyl (C=O) groups excluding carboxylic acids is 2. The van der Waals surface area contributed by atoms with E-state index in [1.807, 2.05) is 0 Å². The van der Waals surface area contributed by atoms with Crippen molar-refractivity contribution in [2.24, 2.45) is 17.0 Å². The van der Waals surface area contributed by atoms with E-state index in [4.69, 9.17) is 9.72 Å². The van der Waals surface area contributed by atoms with Gasteiger partial charge in [0.15, 0.2) is 29.5 Å². The summed E-state index contributed by atoms with van der Waals surface area (Å²) >= 11 is 0. The minimum Gasteiger partial charge on any atom is -0.359 e. The largest absolute Gasteiger partial charge is 0.359 e. The van der Waals surface area contributed by atoms with Crippen LogP contribution in [0.1, 0.15) is 51.4 Å². The molecule has 1 aromatic heterocycles. The number of imide groups is 1. The Bertz CT molecular complexity index is 1540. The lowest BCUT2D eigenvalue weighted by Gasteiger charge is -2.28. The number of methoxy groups -OCH3 is 1. The first-order valence-electron chi connectivity index (χ1n) is 11.8. The molecule has 0 saturated heterocycles. The van der Waals surface area contributed by atoms with Crippen molar-refractivity contribution in [3.8, 4) is 0 Å². The van der Waals surface area contributed by atoms with Crippen LogP contribution in [0, 0.1) is 23.3 Å². The second-order valence-corrected chi connectivity index (χ2v) is 9.34. The summed E-state index contributed by atoms with van der Waals surface area (Å²) in [6, 6.07) is 2.59. The molecule has 0 fully saturated rings. The molecule has 5 rings (SSSR count). The van der Waals surface area contributed by atoms with Gasteiger partial charge in [-0.15, -0.1) is 0 Å². The average Bonchev–Trinajstić information content (AvgIpc) is 3.32. The predicted octanol–water partition coefficient (Wildman–Crippen LogP) is 3.96. The number of hydrogen-bond donors (Lipinski definition) is 0. The lowest BCUT2D eigenvalue weighted by Crippen LogP contribution is -2.33. The van der Waals surface area contributed by atoms with Crippen molar-refractivity contribution in [1.29, 1.82) is 0 Å². The molecule has 0 spiro atoms. The highest BCUT2D eigenvalue weighted by atomic mass is 19.2. The number of amides is 2. The number of imidazole rings is 1. The van der Waals surface area contributed by atoms with Crippen molar-refractivity contribution in [2.75, 3.05) is 14.2 Å². The molecule has 2 amide bonds. The first-order chi connectivity index (χ1) is 18.0. The van der Waals surface area contributed by atoms with E-state index in [9.17, 15) is 27.2 Å². The van der Waals surface area contributed by atoms with Gasteiger partial charge in [-0.1, -0.05) is 0 Å². The highest BCUT2D eigenvalue weighted by Gasteiger charge is 2.37. The van der Waals surface area contributed by atoms with Crippen LogP contribution in [0.15, 0.2) is 28.2 Å². The molecule has 3 unspecified atom stereocenters. The van der Waals surface area contributed by atoms with Crippen LogP contribution in [0.4, 0.5) is 17.6 Å². The van der Waals surface area contributed by atoms with E-state index >= 15 is 0 Å². The molecule has 3 heterocycles. The summed E-state index contributed by atoms with van der Waals surface area (Å²) in [5.74, 6) is -6.81. The maximum Gasteiger partial charge on any atom is 0.261 e. The average molecular weight is 529 g/mol. The van der Waals surface area contributed by atoms with Gasteiger partial charge in [0, 0.05) is 57.6 Å². The van der Waals surface area contributed by atoms with Crippen molar-refractivity contribution in [2.45, 2.75) is 38.0 Å². The summed E-state index contributed by atoms with van der Waals surface area (Å²) in [6.45, 7) is 1.58. The van der Waals surface area contributed by atoms with Gasteiger partial charge in [-0.25, -0.2) is 22.5 Å². The van der Waals surface area contributed by atoms with Gasteiger partial charge in [0.25, 0.3) is 11.8 Å². The molecule has 2 aromatic carbocycles. The van der Waals surface area contributed by atoms with Crippen LogP contribution < -0.4 is 0 Å². The number of carbonyl (C=O) groups is 2. The van der Waals surface area contributed by atoms with Crippen molar-refractivity contribution >= 4 is 34.8 Å². The molecule has 3 aromatic rings. The molecule has 38 heavy (non-hydrogen) atoms. The third-order valence-electron chi connectivity index (χ3n) is 6.93. The van der Waals surface area contributed by atoms with E-state index in [1.54, 1.807) is 36.9 Å². The van der Waals surface area contributed by atoms with Gasteiger partial charge < -0.3 is 9.30 Å². The first-order valence-corrected chi connectivity index (χ1v) is 11.8. The number of nitrogens with zero attached hydrogens (tertiary/aromatic N) is 5. The van der Waals surface area contributed by atoms with Gasteiger partial charge in [0.1, 0.15) is 11.7 Å². The molecule has 0 radical (unpaired) electrons. The molecular formula is C26H23F4N5O3. The molecule has 0 N–H and O–H groups in total. The van der Waals surface area contributed by atoms with Gasteiger partial charge in [0.2, 0.25) is 0 Å². The molecular weight excluding hydrogens is 506 g/mol. The van der Waals surface area contributed by atoms with Crippen molar-refractivity contribution in [1.82, 2.24) is 14.5 Å². The van der Waals surface area contributed by atoms with E-state index in [2.05, 4.69) is 9.98 Å². The molecule has 2 aliphatic rings. The maximum absolute atomic E-state index is 14.3. The zero-order valence-electron chi connectivity index (χ0n) is 20.9. The number of hydrogen-bond acceptors (Lipinski definition) is 6. The Morgan fingerprint density at radius 2 is 1.68 bits per heavy atom. The second-order valence-electron chi connectivity index (χ2n) is 9.34. The lowest BCUT2D eigenvalue weighted by molar-refractivity contribution is 0.0693. The monoisotopic (exact) mass is 529 g/mol. The molecule has 2 aliphatic heterocycles. The SMILES string of the molecule is COC1N=CCC(=NC(C)Cc2c(F)c(F)cc(F)c2F)C1c1nc2cc3c(cc2n1C)C(=O)N(C)C3=O. The summed E-state index contributed by atoms with van der Waals surface area (Å²) in [4.78, 5) is 39.8. The third kappa shape index (κ3) is 3.99. The molecule has 0 saturated carbocycles. The maximum atomic E-state index is 14.3. The summed E-state index contributed by atoms with van der Waals surface area (Å²) < 4.78 is 63.2. The van der Waals surface area contributed by atoms with Crippen molar-refractivity contribution < 1.29 is 31.9 Å². The molecule has 8 nitrogen and oxygen atoms in total. The highest BCUT2D eigenvalue weighted by Crippen LogP contribution is 2.33. The summed E-state index contributed by atoms with van der Waals surface area (Å²) in [6.07, 6.45) is 0.763. The number of benzene rings is 2. The van der Waals surface area contributed by atoms with Gasteiger partial charge in [-0.05, 0) is 19.1 Å². The van der Waals surface area contributed by atoms with Crippen LogP contribution in [0.5, 0.6) is 0 Å². The molecule has 3 atom stereocenters. The Kier molecular flexibility index (Phi) is 6.38. The summed E-state index contributed by atoms with van der Waals surface area (Å²) in [5.41, 5.74) is 1.43. The van der Waals surface area contributed by atoms with Crippen LogP contribution in [-0.4, -0.2) is 64.6 Å². The Hall–Kier alpha value is -3.93. The smallest absolute Gasteiger partial charge is 0.261 e. The van der Waals surface area contributed by atoms with E-state index in [0.29, 0.717) is 22.6 Å². The summed E-state index contributed by atoms with van der Waals surface area (Å²) in [5, 5.41) is 0. The number of halogens is 4. The number of ether oxygens (including phenoxy) is 1. The third-order valence-corrected chi connectivity index (χ3v) is 6.93. The first kappa shape index (κ1) is 25.7. The fourth-order valence-electron chi connectivity index (χ4n) is 5.00. The number of aryl methyl sites for hydroxylation is 1. The molecule has 12 heteroatoms. The van der Waals surface area contributed by atoms with E-state index in [-0.39, 0.29) is 30.0 Å². The van der Waals surface area contributed by atoms with Crippen molar-refractivity contribution in [3.63, 3.8) is 0 Å². The molecule has 0 bridgehead atoms. The van der Waals surface area contributed by atoms with Gasteiger partial charge in [-0.3, -0.25) is 24.5 Å². The fourth-order valence-corrected chi connectivity index (χ4v) is 5.00. The Balaban J connectivity index is 1.56. The van der Waals surface area contributed by atoms with Crippen LogP contribution in [0.2, 0.25) is 0 Å². The number of rotatable bonds is 5. The standard InChI is InChI=1S/C26H23F4N5O3/c1-11(7-14-21(29)15(27)10-16(28)22(14)30)32-17-5-6-31-24(38-4)20(17)23-33-18-8-12-13(9-19(18)34(23)2)26(37)35(3)25(12)36/h6,8-11,20,24H,5,7H2,1-4H3. The van der Waals surface area contributed by atoms with Crippen LogP contribution in [0.25, 0.3) is 11.0 Å². The quantitative estimate of drug-likeness (QED) is 0.284. The van der Waals surface area contributed by atoms with Crippen LogP contribution in [-0.2, 0) is 18.2 Å². The van der Waals surface area contributed by atoms with Crippen molar-refractivity contribution in [3.05, 3.63) is 64.0 Å². The zero-order valence-corrected chi connectivity index (χ0v) is 20.9. The van der Waals surface area contributed by atoms with Gasteiger partial charge >= 0.3 is 0 Å². The Labute approximate surface area is 214 Å². The van der Waals surface area contributed by atoms with E-state index < -0.39 is 58.8 Å². The minimum absolute atomic E-state index is 0.169. The zero-order chi connectivity index (χ0) is 27.5. The minimum atomic E-state index is -1.48. The Morgan fingerprint density at radius 3 is 2.32 bits per heavy atom. The van der Waals surface area contributed by atoms with Crippen LogP contribution in [0.3, 0.4) is 0 Å².